The molecule has 8 nitrogen and oxygen atoms in total. The summed E-state index contributed by atoms with van der Waals surface area (Å²) >= 11 is 0. The van der Waals surface area contributed by atoms with Gasteiger partial charge < -0.3 is 20.6 Å². The number of piperazine rings is 1. The van der Waals surface area contributed by atoms with Gasteiger partial charge in [0.2, 0.25) is 11.8 Å². The molecule has 2 aliphatic heterocycles. The molecule has 0 bridgehead atoms. The van der Waals surface area contributed by atoms with Crippen molar-refractivity contribution in [2.45, 2.75) is 57.9 Å². The van der Waals surface area contributed by atoms with Gasteiger partial charge in [-0.3, -0.25) is 14.3 Å². The third-order valence-corrected chi connectivity index (χ3v) is 5.83. The van der Waals surface area contributed by atoms with Crippen LogP contribution in [0.2, 0.25) is 0 Å². The highest BCUT2D eigenvalue weighted by molar-refractivity contribution is 5.97. The summed E-state index contributed by atoms with van der Waals surface area (Å²) < 4.78 is 1.91. The Balaban J connectivity index is 1.38. The van der Waals surface area contributed by atoms with Crippen LogP contribution in [-0.4, -0.2) is 56.3 Å². The van der Waals surface area contributed by atoms with Crippen LogP contribution in [0, 0.1) is 6.92 Å². The molecule has 3 atom stereocenters. The summed E-state index contributed by atoms with van der Waals surface area (Å²) in [5.74, 6) is 0.0515. The Labute approximate surface area is 169 Å². The minimum absolute atomic E-state index is 0.0399. The van der Waals surface area contributed by atoms with Gasteiger partial charge in [-0.1, -0.05) is 12.1 Å². The van der Waals surface area contributed by atoms with Crippen molar-refractivity contribution < 1.29 is 14.7 Å². The zero-order valence-corrected chi connectivity index (χ0v) is 16.8. The number of nitrogens with zero attached hydrogens (tertiary/aromatic N) is 3. The van der Waals surface area contributed by atoms with Crippen LogP contribution < -0.4 is 10.6 Å². The first kappa shape index (κ1) is 19.4. The fourth-order valence-electron chi connectivity index (χ4n) is 4.16. The van der Waals surface area contributed by atoms with Crippen molar-refractivity contribution >= 4 is 11.8 Å². The van der Waals surface area contributed by atoms with E-state index < -0.39 is 12.1 Å². The lowest BCUT2D eigenvalue weighted by Gasteiger charge is -2.34. The van der Waals surface area contributed by atoms with Crippen molar-refractivity contribution in [2.24, 2.45) is 0 Å². The van der Waals surface area contributed by atoms with Gasteiger partial charge in [0.25, 0.3) is 0 Å². The van der Waals surface area contributed by atoms with Gasteiger partial charge in [-0.05, 0) is 38.0 Å². The molecule has 3 N–H and O–H groups in total. The summed E-state index contributed by atoms with van der Waals surface area (Å²) in [6.07, 6.45) is 3.07. The Hall–Kier alpha value is -2.87. The number of fused-ring (bicyclic) bond motifs is 1. The van der Waals surface area contributed by atoms with Crippen molar-refractivity contribution in [3.8, 4) is 5.75 Å². The average Bonchev–Trinajstić information content (AvgIpc) is 3.30. The predicted molar refractivity (Wildman–Crippen MR) is 107 cm³/mol. The number of aryl methyl sites for hydroxylation is 2. The van der Waals surface area contributed by atoms with Gasteiger partial charge in [0, 0.05) is 43.9 Å². The maximum absolute atomic E-state index is 13.0. The number of phenols is 1. The fourth-order valence-corrected chi connectivity index (χ4v) is 4.16. The highest BCUT2D eigenvalue weighted by atomic mass is 16.3. The molecule has 1 aromatic carbocycles. The molecule has 0 aliphatic carbocycles. The van der Waals surface area contributed by atoms with E-state index in [9.17, 15) is 14.7 Å². The topological polar surface area (TPSA) is 99.5 Å². The maximum Gasteiger partial charge on any atom is 0.246 e. The number of rotatable bonds is 6. The molecule has 29 heavy (non-hydrogen) atoms. The highest BCUT2D eigenvalue weighted by Crippen LogP contribution is 2.24. The average molecular weight is 397 g/mol. The van der Waals surface area contributed by atoms with Crippen LogP contribution in [0.1, 0.15) is 30.2 Å². The van der Waals surface area contributed by atoms with Crippen molar-refractivity contribution in [3.05, 3.63) is 47.3 Å². The first-order valence-electron chi connectivity index (χ1n) is 10.1. The third kappa shape index (κ3) is 3.98. The number of hydrogen-bond donors (Lipinski definition) is 3. The van der Waals surface area contributed by atoms with Crippen molar-refractivity contribution in [1.82, 2.24) is 25.3 Å². The number of carbonyl (C=O) groups excluding carboxylic acids is 2. The van der Waals surface area contributed by atoms with Gasteiger partial charge >= 0.3 is 0 Å². The van der Waals surface area contributed by atoms with E-state index in [1.807, 2.05) is 17.8 Å². The molecule has 154 valence electrons. The SMILES string of the molecule is CCn1cc(CN[C@H]2C[C@H]3C(=O)N[C@H](Cc4ccc(O)cc4)C(=O)N3C2)c(C)n1. The zero-order chi connectivity index (χ0) is 20.5. The molecule has 0 radical (unpaired) electrons. The summed E-state index contributed by atoms with van der Waals surface area (Å²) in [5.41, 5.74) is 3.03. The quantitative estimate of drug-likeness (QED) is 0.667. The smallest absolute Gasteiger partial charge is 0.246 e. The van der Waals surface area contributed by atoms with E-state index in [-0.39, 0.29) is 23.6 Å². The van der Waals surface area contributed by atoms with Crippen LogP contribution in [0.5, 0.6) is 5.75 Å². The number of nitrogens with one attached hydrogen (secondary N) is 2. The van der Waals surface area contributed by atoms with Crippen LogP contribution in [0.15, 0.2) is 30.5 Å². The number of benzene rings is 1. The van der Waals surface area contributed by atoms with E-state index in [1.165, 1.54) is 0 Å². The summed E-state index contributed by atoms with van der Waals surface area (Å²) in [4.78, 5) is 27.3. The van der Waals surface area contributed by atoms with E-state index in [4.69, 9.17) is 0 Å². The van der Waals surface area contributed by atoms with E-state index in [0.717, 1.165) is 23.4 Å². The predicted octanol–water partition coefficient (Wildman–Crippen LogP) is 0.717. The Bertz CT molecular complexity index is 908. The number of amides is 2. The van der Waals surface area contributed by atoms with E-state index >= 15 is 0 Å². The molecule has 2 fully saturated rings. The maximum atomic E-state index is 13.0. The van der Waals surface area contributed by atoms with Gasteiger partial charge in [0.05, 0.1) is 5.69 Å². The number of aromatic hydroxyl groups is 1. The zero-order valence-electron chi connectivity index (χ0n) is 16.8. The lowest BCUT2D eigenvalue weighted by Crippen LogP contribution is -2.61. The molecule has 0 unspecified atom stereocenters. The van der Waals surface area contributed by atoms with Crippen LogP contribution in [0.4, 0.5) is 0 Å². The Morgan fingerprint density at radius 3 is 2.72 bits per heavy atom. The molecular weight excluding hydrogens is 370 g/mol. The normalized spacial score (nSPS) is 23.9. The summed E-state index contributed by atoms with van der Waals surface area (Å²) in [7, 11) is 0. The number of aromatic nitrogens is 2. The first-order chi connectivity index (χ1) is 13.9. The van der Waals surface area contributed by atoms with E-state index in [1.54, 1.807) is 29.2 Å². The largest absolute Gasteiger partial charge is 0.508 e. The van der Waals surface area contributed by atoms with Gasteiger partial charge in [0.1, 0.15) is 17.8 Å². The van der Waals surface area contributed by atoms with Crippen LogP contribution in [0.3, 0.4) is 0 Å². The second-order valence-electron chi connectivity index (χ2n) is 7.85. The number of carbonyl (C=O) groups is 2. The lowest BCUT2D eigenvalue weighted by atomic mass is 10.0. The highest BCUT2D eigenvalue weighted by Gasteiger charge is 2.46. The minimum Gasteiger partial charge on any atom is -0.508 e. The Kier molecular flexibility index (Phi) is 5.27. The number of phenolic OH excluding ortho intramolecular Hbond substituents is 1. The molecule has 2 aromatic rings. The summed E-state index contributed by atoms with van der Waals surface area (Å²) in [6, 6.07) is 5.83. The summed E-state index contributed by atoms with van der Waals surface area (Å²) in [6.45, 7) is 6.08. The molecule has 0 saturated carbocycles. The molecule has 8 heteroatoms. The molecule has 2 saturated heterocycles. The summed E-state index contributed by atoms with van der Waals surface area (Å²) in [5, 5.41) is 20.2. The van der Waals surface area contributed by atoms with E-state index in [0.29, 0.717) is 25.9 Å². The second kappa shape index (κ2) is 7.87. The Morgan fingerprint density at radius 1 is 1.28 bits per heavy atom. The molecule has 3 heterocycles. The van der Waals surface area contributed by atoms with E-state index in [2.05, 4.69) is 22.7 Å². The first-order valence-corrected chi connectivity index (χ1v) is 10.1. The van der Waals surface area contributed by atoms with Gasteiger partial charge in [-0.15, -0.1) is 0 Å². The van der Waals surface area contributed by atoms with Crippen molar-refractivity contribution in [3.63, 3.8) is 0 Å². The fraction of sp³-hybridized carbons (Fsp3) is 0.476. The van der Waals surface area contributed by atoms with Crippen LogP contribution in [-0.2, 0) is 29.1 Å². The molecule has 4 rings (SSSR count). The molecule has 1 aromatic heterocycles. The molecule has 2 aliphatic rings. The minimum atomic E-state index is -0.563. The number of hydrogen-bond acceptors (Lipinski definition) is 5. The van der Waals surface area contributed by atoms with Gasteiger partial charge in [-0.2, -0.15) is 5.10 Å². The second-order valence-corrected chi connectivity index (χ2v) is 7.85. The monoisotopic (exact) mass is 397 g/mol. The van der Waals surface area contributed by atoms with Crippen molar-refractivity contribution in [1.29, 1.82) is 0 Å². The lowest BCUT2D eigenvalue weighted by molar-refractivity contribution is -0.147. The standard InChI is InChI=1S/C21H27N5O3/c1-3-25-11-15(13(2)24-25)10-22-16-9-19-20(28)23-18(21(29)26(19)12-16)8-14-4-6-17(27)7-5-14/h4-7,11,16,18-19,22,27H,3,8-10,12H2,1-2H3,(H,23,28)/t16-,18+,19-/m0/s1. The van der Waals surface area contributed by atoms with Crippen molar-refractivity contribution in [2.75, 3.05) is 6.54 Å². The molecule has 2 amide bonds. The van der Waals surface area contributed by atoms with Gasteiger partial charge in [-0.25, -0.2) is 0 Å². The van der Waals surface area contributed by atoms with Crippen LogP contribution in [0.25, 0.3) is 0 Å². The third-order valence-electron chi connectivity index (χ3n) is 5.83. The van der Waals surface area contributed by atoms with Gasteiger partial charge in [0.15, 0.2) is 0 Å². The molecular formula is C21H27N5O3. The molecule has 0 spiro atoms. The Morgan fingerprint density at radius 2 is 2.03 bits per heavy atom. The van der Waals surface area contributed by atoms with Crippen LogP contribution >= 0.6 is 0 Å².